The first kappa shape index (κ1) is 14.9. The summed E-state index contributed by atoms with van der Waals surface area (Å²) in [4.78, 5) is 0. The molecule has 0 aromatic heterocycles. The van der Waals surface area contributed by atoms with E-state index in [4.69, 9.17) is 4.55 Å². The molecule has 0 unspecified atom stereocenters. The Labute approximate surface area is 76.1 Å². The van der Waals surface area contributed by atoms with Gasteiger partial charge >= 0.3 is 6.08 Å². The fraction of sp³-hybridized carbons (Fsp3) is 0.333. The van der Waals surface area contributed by atoms with Crippen LogP contribution in [0.4, 0.5) is 22.0 Å². The van der Waals surface area contributed by atoms with Crippen molar-refractivity contribution in [3.63, 3.8) is 0 Å². The Kier molecular flexibility index (Phi) is 10.9. The minimum Gasteiger partial charge on any atom is -0.330 e. The van der Waals surface area contributed by atoms with Crippen LogP contribution in [0.5, 0.6) is 0 Å². The van der Waals surface area contributed by atoms with Gasteiger partial charge in [-0.3, -0.25) is 0 Å². The highest BCUT2D eigenvalue weighted by Crippen LogP contribution is 2.16. The molecule has 0 aromatic rings. The van der Waals surface area contributed by atoms with Crippen LogP contribution in [0.1, 0.15) is 0 Å². The highest BCUT2D eigenvalue weighted by atomic mass is 32.2. The predicted molar refractivity (Wildman–Crippen MR) is 41.6 cm³/mol. The third-order valence-corrected chi connectivity index (χ3v) is 0.949. The summed E-state index contributed by atoms with van der Waals surface area (Å²) in [6.07, 6.45) is -5.01. The molecule has 7 heteroatoms. The van der Waals surface area contributed by atoms with E-state index in [2.05, 4.69) is 6.58 Å². The van der Waals surface area contributed by atoms with Crippen LogP contribution in [0.15, 0.2) is 24.6 Å². The second-order valence-corrected chi connectivity index (χ2v) is 2.09. The van der Waals surface area contributed by atoms with E-state index in [1.54, 1.807) is 6.08 Å². The van der Waals surface area contributed by atoms with Crippen LogP contribution < -0.4 is 0 Å². The van der Waals surface area contributed by atoms with Crippen LogP contribution in [0.3, 0.4) is 0 Å². The third kappa shape index (κ3) is 11.4. The van der Waals surface area contributed by atoms with Crippen LogP contribution in [-0.2, 0) is 0 Å². The van der Waals surface area contributed by atoms with Crippen molar-refractivity contribution in [2.45, 2.75) is 6.43 Å². The highest BCUT2D eigenvalue weighted by Gasteiger charge is 2.16. The monoisotopic (exact) mass is 222 g/mol. The average Bonchev–Trinajstić information content (AvgIpc) is 2.05. The summed E-state index contributed by atoms with van der Waals surface area (Å²) in [6, 6.07) is 0. The van der Waals surface area contributed by atoms with Crippen molar-refractivity contribution in [2.75, 3.05) is 5.75 Å². The number of halogens is 5. The van der Waals surface area contributed by atoms with Crippen molar-refractivity contribution in [1.29, 1.82) is 0 Å². The van der Waals surface area contributed by atoms with Gasteiger partial charge in [0.25, 0.3) is 6.43 Å². The number of rotatable bonds is 3. The van der Waals surface area contributed by atoms with E-state index in [-0.39, 0.29) is 0 Å². The summed E-state index contributed by atoms with van der Waals surface area (Å²) in [5, 5.41) is 0. The largest absolute Gasteiger partial charge is 0.330 e. The van der Waals surface area contributed by atoms with E-state index in [9.17, 15) is 22.0 Å². The van der Waals surface area contributed by atoms with Crippen LogP contribution in [-0.4, -0.2) is 16.7 Å². The molecule has 0 atom stereocenters. The van der Waals surface area contributed by atoms with Gasteiger partial charge in [-0.05, 0) is 12.0 Å². The Balaban J connectivity index is 0. The standard InChI is InChI=1S/C3HF5.C3H6OS/c4-1(2(5)6)3(7)8;1-2-3-5-4/h2H;2,4H,1,3H2. The molecular formula is C6H7F5OS. The molecule has 0 aliphatic heterocycles. The van der Waals surface area contributed by atoms with E-state index in [0.717, 1.165) is 12.0 Å². The highest BCUT2D eigenvalue weighted by molar-refractivity contribution is 7.93. The summed E-state index contributed by atoms with van der Waals surface area (Å²) >= 11 is 0.784. The first-order chi connectivity index (χ1) is 5.97. The molecule has 78 valence electrons. The van der Waals surface area contributed by atoms with E-state index in [0.29, 0.717) is 5.75 Å². The minimum absolute atomic E-state index is 0.625. The molecule has 0 fully saturated rings. The zero-order valence-corrected chi connectivity index (χ0v) is 7.13. The fourth-order valence-corrected chi connectivity index (χ4v) is 0.241. The molecule has 0 amide bonds. The average molecular weight is 222 g/mol. The molecule has 0 saturated heterocycles. The maximum absolute atomic E-state index is 11.0. The third-order valence-electron chi connectivity index (χ3n) is 0.565. The predicted octanol–water partition coefficient (Wildman–Crippen LogP) is 3.71. The lowest BCUT2D eigenvalue weighted by Crippen LogP contribution is -1.90. The summed E-state index contributed by atoms with van der Waals surface area (Å²) < 4.78 is 61.9. The number of hydrogen-bond acceptors (Lipinski definition) is 2. The maximum atomic E-state index is 11.0. The first-order valence-corrected chi connectivity index (χ1v) is 3.77. The van der Waals surface area contributed by atoms with Gasteiger partial charge in [-0.2, -0.15) is 13.2 Å². The molecule has 0 aliphatic carbocycles. The molecule has 0 aromatic carbocycles. The molecular weight excluding hydrogens is 215 g/mol. The van der Waals surface area contributed by atoms with Crippen LogP contribution >= 0.6 is 12.0 Å². The Morgan fingerprint density at radius 1 is 1.38 bits per heavy atom. The van der Waals surface area contributed by atoms with E-state index in [1.807, 2.05) is 0 Å². The van der Waals surface area contributed by atoms with Gasteiger partial charge in [-0.1, -0.05) is 6.08 Å². The van der Waals surface area contributed by atoms with Gasteiger partial charge in [0.15, 0.2) is 0 Å². The molecule has 0 bridgehead atoms. The van der Waals surface area contributed by atoms with Gasteiger partial charge in [0.2, 0.25) is 5.83 Å². The van der Waals surface area contributed by atoms with Gasteiger partial charge in [0.1, 0.15) is 0 Å². The van der Waals surface area contributed by atoms with Gasteiger partial charge in [0, 0.05) is 5.75 Å². The van der Waals surface area contributed by atoms with E-state index >= 15 is 0 Å². The molecule has 0 spiro atoms. The Morgan fingerprint density at radius 2 is 1.85 bits per heavy atom. The molecule has 1 nitrogen and oxygen atoms in total. The van der Waals surface area contributed by atoms with Crippen molar-refractivity contribution in [3.05, 3.63) is 24.6 Å². The maximum Gasteiger partial charge on any atom is 0.307 e. The fourth-order valence-electron chi connectivity index (χ4n) is 0.135. The normalized spacial score (nSPS) is 8.85. The molecule has 0 rings (SSSR count). The quantitative estimate of drug-likeness (QED) is 0.446. The van der Waals surface area contributed by atoms with Gasteiger partial charge in [-0.15, -0.1) is 6.58 Å². The lowest BCUT2D eigenvalue weighted by atomic mass is 10.6. The van der Waals surface area contributed by atoms with Crippen molar-refractivity contribution in [2.24, 2.45) is 0 Å². The smallest absolute Gasteiger partial charge is 0.307 e. The summed E-state index contributed by atoms with van der Waals surface area (Å²) in [5.74, 6) is -2.02. The number of hydrogen-bond donors (Lipinski definition) is 1. The van der Waals surface area contributed by atoms with E-state index in [1.165, 1.54) is 0 Å². The number of allylic oxidation sites excluding steroid dienone is 1. The van der Waals surface area contributed by atoms with Gasteiger partial charge in [-0.25, -0.2) is 8.78 Å². The van der Waals surface area contributed by atoms with Crippen molar-refractivity contribution >= 4 is 12.0 Å². The molecule has 13 heavy (non-hydrogen) atoms. The Morgan fingerprint density at radius 3 is 1.85 bits per heavy atom. The molecule has 1 N–H and O–H groups in total. The Hall–Kier alpha value is -0.560. The summed E-state index contributed by atoms with van der Waals surface area (Å²) in [5.41, 5.74) is 0. The lowest BCUT2D eigenvalue weighted by molar-refractivity contribution is 0.145. The van der Waals surface area contributed by atoms with Crippen LogP contribution in [0, 0.1) is 0 Å². The Bertz CT molecular complexity index is 166. The van der Waals surface area contributed by atoms with E-state index < -0.39 is 18.3 Å². The summed E-state index contributed by atoms with van der Waals surface area (Å²) in [7, 11) is 0. The summed E-state index contributed by atoms with van der Waals surface area (Å²) in [6.45, 7) is 3.37. The van der Waals surface area contributed by atoms with Crippen molar-refractivity contribution in [3.8, 4) is 0 Å². The van der Waals surface area contributed by atoms with Crippen LogP contribution in [0.25, 0.3) is 0 Å². The topological polar surface area (TPSA) is 20.2 Å². The molecule has 0 saturated carbocycles. The second kappa shape index (κ2) is 9.53. The van der Waals surface area contributed by atoms with Crippen molar-refractivity contribution in [1.82, 2.24) is 0 Å². The van der Waals surface area contributed by atoms with Gasteiger partial charge < -0.3 is 4.55 Å². The zero-order chi connectivity index (χ0) is 10.9. The number of alkyl halides is 2. The SMILES string of the molecule is C=CCSO.FC(F)=C(F)C(F)F. The zero-order valence-electron chi connectivity index (χ0n) is 6.31. The van der Waals surface area contributed by atoms with Gasteiger partial charge in [0.05, 0.1) is 0 Å². The van der Waals surface area contributed by atoms with Crippen LogP contribution in [0.2, 0.25) is 0 Å². The minimum atomic E-state index is -3.69. The molecule has 0 heterocycles. The van der Waals surface area contributed by atoms with Crippen molar-refractivity contribution < 1.29 is 26.5 Å². The lowest BCUT2D eigenvalue weighted by Gasteiger charge is -1.88. The molecule has 0 radical (unpaired) electrons. The molecule has 0 aliphatic rings. The second-order valence-electron chi connectivity index (χ2n) is 1.49. The first-order valence-electron chi connectivity index (χ1n) is 2.83.